The molecule has 3 aliphatic rings. The molecule has 3 heterocycles. The van der Waals surface area contributed by atoms with Crippen LogP contribution in [-0.2, 0) is 19.3 Å². The Balaban J connectivity index is 1.43. The van der Waals surface area contributed by atoms with Gasteiger partial charge in [-0.05, 0) is 54.9 Å². The zero-order valence-electron chi connectivity index (χ0n) is 13.9. The highest BCUT2D eigenvalue weighted by Crippen LogP contribution is 2.32. The van der Waals surface area contributed by atoms with E-state index in [2.05, 4.69) is 53.8 Å². The van der Waals surface area contributed by atoms with Gasteiger partial charge in [-0.2, -0.15) is 0 Å². The van der Waals surface area contributed by atoms with E-state index in [0.29, 0.717) is 18.0 Å². The summed E-state index contributed by atoms with van der Waals surface area (Å²) < 4.78 is 6.08. The Bertz CT molecular complexity index is 832. The number of piperidine rings is 1. The monoisotopic (exact) mass is 317 g/mol. The third-order valence-corrected chi connectivity index (χ3v) is 5.87. The Morgan fingerprint density at radius 1 is 0.917 bits per heavy atom. The lowest BCUT2D eigenvalue weighted by atomic mass is 9.76. The summed E-state index contributed by atoms with van der Waals surface area (Å²) in [7, 11) is 0. The molecule has 1 fully saturated rings. The predicted molar refractivity (Wildman–Crippen MR) is 97.2 cm³/mol. The molecule has 0 unspecified atom stereocenters. The number of rotatable bonds is 2. The van der Waals surface area contributed by atoms with E-state index in [-0.39, 0.29) is 0 Å². The lowest BCUT2D eigenvalue weighted by Gasteiger charge is -2.40. The average Bonchev–Trinajstić information content (AvgIpc) is 2.98. The van der Waals surface area contributed by atoms with Crippen LogP contribution < -0.4 is 5.32 Å². The first kappa shape index (κ1) is 14.3. The largest absolute Gasteiger partial charge is 0.461 e. The number of furan rings is 1. The average molecular weight is 317 g/mol. The number of hydrogen-bond acceptors (Lipinski definition) is 2. The van der Waals surface area contributed by atoms with Crippen molar-refractivity contribution in [1.82, 2.24) is 5.32 Å². The summed E-state index contributed by atoms with van der Waals surface area (Å²) in [5, 5.41) is 5.15. The molecule has 2 nitrogen and oxygen atoms in total. The van der Waals surface area contributed by atoms with Crippen molar-refractivity contribution in [3.8, 4) is 0 Å². The number of hydrogen-bond donors (Lipinski definition) is 1. The molecule has 1 aliphatic carbocycles. The summed E-state index contributed by atoms with van der Waals surface area (Å²) in [6.45, 7) is 0. The molecular weight excluding hydrogens is 294 g/mol. The molecule has 0 spiro atoms. The van der Waals surface area contributed by atoms with Crippen LogP contribution in [0.1, 0.15) is 29.7 Å². The molecule has 2 bridgehead atoms. The van der Waals surface area contributed by atoms with E-state index in [1.54, 1.807) is 11.1 Å². The Morgan fingerprint density at radius 3 is 2.58 bits per heavy atom. The maximum Gasteiger partial charge on any atom is 0.134 e. The van der Waals surface area contributed by atoms with Gasteiger partial charge in [0.1, 0.15) is 11.3 Å². The van der Waals surface area contributed by atoms with Crippen LogP contribution in [-0.4, -0.2) is 12.1 Å². The Hall–Kier alpha value is -2.06. The molecule has 3 aromatic rings. The highest BCUT2D eigenvalue weighted by molar-refractivity contribution is 5.77. The first-order valence-corrected chi connectivity index (χ1v) is 9.15. The molecule has 2 aromatic carbocycles. The van der Waals surface area contributed by atoms with Crippen molar-refractivity contribution in [2.75, 3.05) is 0 Å². The van der Waals surface area contributed by atoms with E-state index >= 15 is 0 Å². The van der Waals surface area contributed by atoms with Crippen molar-refractivity contribution in [1.29, 1.82) is 0 Å². The first-order chi connectivity index (χ1) is 11.8. The van der Waals surface area contributed by atoms with Crippen LogP contribution in [0.2, 0.25) is 0 Å². The van der Waals surface area contributed by atoms with E-state index < -0.39 is 0 Å². The highest BCUT2D eigenvalue weighted by Gasteiger charge is 2.33. The van der Waals surface area contributed by atoms with Crippen LogP contribution in [0.3, 0.4) is 0 Å². The fourth-order valence-electron chi connectivity index (χ4n) is 4.63. The maximum absolute atomic E-state index is 6.08. The minimum Gasteiger partial charge on any atom is -0.461 e. The van der Waals surface area contributed by atoms with Gasteiger partial charge in [0, 0.05) is 23.9 Å². The molecule has 2 aliphatic heterocycles. The highest BCUT2D eigenvalue weighted by atomic mass is 16.3. The van der Waals surface area contributed by atoms with Crippen molar-refractivity contribution in [2.45, 2.75) is 44.2 Å². The summed E-state index contributed by atoms with van der Waals surface area (Å²) in [6.07, 6.45) is 5.99. The second-order valence-corrected chi connectivity index (χ2v) is 7.44. The molecule has 3 atom stereocenters. The van der Waals surface area contributed by atoms with Crippen LogP contribution in [0.5, 0.6) is 0 Å². The van der Waals surface area contributed by atoms with E-state index in [1.165, 1.54) is 31.1 Å². The smallest absolute Gasteiger partial charge is 0.134 e. The summed E-state index contributed by atoms with van der Waals surface area (Å²) >= 11 is 0. The lowest BCUT2D eigenvalue weighted by molar-refractivity contribution is 0.211. The van der Waals surface area contributed by atoms with Crippen LogP contribution in [0.15, 0.2) is 59.0 Å². The number of para-hydroxylation sites is 1. The number of fused-ring (bicyclic) bond motifs is 3. The molecule has 0 saturated carbocycles. The van der Waals surface area contributed by atoms with Gasteiger partial charge in [-0.3, -0.25) is 0 Å². The summed E-state index contributed by atoms with van der Waals surface area (Å²) in [4.78, 5) is 0. The lowest BCUT2D eigenvalue weighted by Crippen LogP contribution is -2.51. The molecule has 122 valence electrons. The van der Waals surface area contributed by atoms with Crippen molar-refractivity contribution in [3.63, 3.8) is 0 Å². The van der Waals surface area contributed by atoms with E-state index in [4.69, 9.17) is 4.42 Å². The molecule has 1 aromatic heterocycles. The van der Waals surface area contributed by atoms with E-state index in [0.717, 1.165) is 17.8 Å². The molecule has 6 rings (SSSR count). The number of benzene rings is 2. The minimum atomic E-state index is 0.526. The Labute approximate surface area is 142 Å². The van der Waals surface area contributed by atoms with Crippen molar-refractivity contribution in [2.24, 2.45) is 5.92 Å². The summed E-state index contributed by atoms with van der Waals surface area (Å²) in [5.74, 6) is 1.82. The van der Waals surface area contributed by atoms with Crippen LogP contribution in [0, 0.1) is 5.92 Å². The standard InChI is InChI=1S/C22H23NO/c1-2-6-16-12-19-10-9-17(11-15(16)5-1)21(23-19)14-20-13-18-7-3-4-8-22(18)24-20/h1-8,13,17,19,21,23H,9-12,14H2/t17-,19+,21-/m1/s1. The molecule has 24 heavy (non-hydrogen) atoms. The maximum atomic E-state index is 6.08. The zero-order valence-corrected chi connectivity index (χ0v) is 13.9. The first-order valence-electron chi connectivity index (χ1n) is 9.15. The minimum absolute atomic E-state index is 0.526. The van der Waals surface area contributed by atoms with Gasteiger partial charge in [0.2, 0.25) is 0 Å². The van der Waals surface area contributed by atoms with E-state index in [9.17, 15) is 0 Å². The van der Waals surface area contributed by atoms with Crippen molar-refractivity contribution < 1.29 is 4.42 Å². The summed E-state index contributed by atoms with van der Waals surface area (Å²) in [6, 6.07) is 20.7. The fraction of sp³-hybridized carbons (Fsp3) is 0.364. The molecule has 2 heteroatoms. The van der Waals surface area contributed by atoms with Gasteiger partial charge >= 0.3 is 0 Å². The van der Waals surface area contributed by atoms with Gasteiger partial charge in [0.15, 0.2) is 0 Å². The summed E-state index contributed by atoms with van der Waals surface area (Å²) in [5.41, 5.74) is 4.11. The Kier molecular flexibility index (Phi) is 3.45. The molecule has 0 radical (unpaired) electrons. The van der Waals surface area contributed by atoms with Gasteiger partial charge in [0.05, 0.1) is 0 Å². The number of nitrogens with one attached hydrogen (secondary N) is 1. The third kappa shape index (κ3) is 2.55. The Morgan fingerprint density at radius 2 is 1.71 bits per heavy atom. The molecule has 1 saturated heterocycles. The quantitative estimate of drug-likeness (QED) is 0.752. The zero-order chi connectivity index (χ0) is 15.9. The topological polar surface area (TPSA) is 25.2 Å². The predicted octanol–water partition coefficient (Wildman–Crippen LogP) is 4.51. The van der Waals surface area contributed by atoms with Crippen LogP contribution >= 0.6 is 0 Å². The van der Waals surface area contributed by atoms with Crippen molar-refractivity contribution in [3.05, 3.63) is 71.5 Å². The second-order valence-electron chi connectivity index (χ2n) is 7.44. The molecule has 0 amide bonds. The normalized spacial score (nSPS) is 26.1. The fourth-order valence-corrected chi connectivity index (χ4v) is 4.63. The van der Waals surface area contributed by atoms with Gasteiger partial charge in [-0.25, -0.2) is 0 Å². The van der Waals surface area contributed by atoms with Gasteiger partial charge < -0.3 is 9.73 Å². The molecule has 1 N–H and O–H groups in total. The van der Waals surface area contributed by atoms with Gasteiger partial charge in [-0.15, -0.1) is 0 Å². The molecular formula is C22H23NO. The van der Waals surface area contributed by atoms with Crippen molar-refractivity contribution >= 4 is 11.0 Å². The van der Waals surface area contributed by atoms with Crippen LogP contribution in [0.4, 0.5) is 0 Å². The third-order valence-electron chi connectivity index (χ3n) is 5.87. The van der Waals surface area contributed by atoms with E-state index in [1.807, 2.05) is 6.07 Å². The SMILES string of the molecule is c1ccc2c(c1)C[C@@H]1CC[C@H](C2)[C@@H](Cc2cc3ccccc3o2)N1. The van der Waals surface area contributed by atoms with Gasteiger partial charge in [-0.1, -0.05) is 42.5 Å². The van der Waals surface area contributed by atoms with Gasteiger partial charge in [0.25, 0.3) is 0 Å². The van der Waals surface area contributed by atoms with Crippen LogP contribution in [0.25, 0.3) is 11.0 Å². The second kappa shape index (κ2) is 5.78.